The highest BCUT2D eigenvalue weighted by molar-refractivity contribution is 14.0. The van der Waals surface area contributed by atoms with E-state index in [0.717, 1.165) is 24.9 Å². The van der Waals surface area contributed by atoms with E-state index in [-0.39, 0.29) is 35.8 Å². The molecule has 1 aliphatic heterocycles. The van der Waals surface area contributed by atoms with Crippen LogP contribution < -0.4 is 29.7 Å². The van der Waals surface area contributed by atoms with Gasteiger partial charge in [0.25, 0.3) is 0 Å². The Balaban J connectivity index is 0.00000385. The van der Waals surface area contributed by atoms with Crippen LogP contribution in [0, 0.1) is 0 Å². The highest BCUT2D eigenvalue weighted by Gasteiger charge is 2.26. The number of methoxy groups -OCH3 is 2. The van der Waals surface area contributed by atoms with Crippen LogP contribution in [0.4, 0.5) is 14.5 Å². The Morgan fingerprint density at radius 1 is 1.12 bits per heavy atom. The standard InChI is InChI=1S/C23H30F2N4O3.HI/c1-26-23(27-12-10-16-8-9-20(30-2)21(14-16)31-3)28-17-11-13-29(15-17)18-6-4-5-7-19(18)32-22(24)25;/h4-9,14,17,22H,10-13,15H2,1-3H3,(H2,26,27,28);1H. The third-order valence-corrected chi connectivity index (χ3v) is 5.33. The van der Waals surface area contributed by atoms with Crippen LogP contribution >= 0.6 is 24.0 Å². The normalized spacial score (nSPS) is 15.8. The second-order valence-electron chi connectivity index (χ2n) is 7.36. The molecule has 7 nitrogen and oxygen atoms in total. The van der Waals surface area contributed by atoms with Crippen molar-refractivity contribution in [3.63, 3.8) is 0 Å². The Bertz CT molecular complexity index is 917. The predicted octanol–water partition coefficient (Wildman–Crippen LogP) is 3.91. The summed E-state index contributed by atoms with van der Waals surface area (Å²) in [6.45, 7) is -0.748. The lowest BCUT2D eigenvalue weighted by Gasteiger charge is -2.22. The van der Waals surface area contributed by atoms with Crippen molar-refractivity contribution in [1.29, 1.82) is 0 Å². The summed E-state index contributed by atoms with van der Waals surface area (Å²) in [7, 11) is 4.96. The highest BCUT2D eigenvalue weighted by atomic mass is 127. The van der Waals surface area contributed by atoms with Gasteiger partial charge in [0.2, 0.25) is 0 Å². The summed E-state index contributed by atoms with van der Waals surface area (Å²) in [5.74, 6) is 2.30. The van der Waals surface area contributed by atoms with Crippen molar-refractivity contribution in [3.8, 4) is 17.2 Å². The lowest BCUT2D eigenvalue weighted by Crippen LogP contribution is -2.45. The van der Waals surface area contributed by atoms with Gasteiger partial charge in [-0.2, -0.15) is 8.78 Å². The Morgan fingerprint density at radius 2 is 1.88 bits per heavy atom. The number of guanidine groups is 1. The van der Waals surface area contributed by atoms with E-state index < -0.39 is 6.61 Å². The van der Waals surface area contributed by atoms with E-state index in [2.05, 4.69) is 20.4 Å². The van der Waals surface area contributed by atoms with Crippen LogP contribution in [0.1, 0.15) is 12.0 Å². The number of halogens is 3. The summed E-state index contributed by atoms with van der Waals surface area (Å²) in [5.41, 5.74) is 1.79. The maximum absolute atomic E-state index is 12.7. The Labute approximate surface area is 210 Å². The third kappa shape index (κ3) is 7.51. The molecular weight excluding hydrogens is 545 g/mol. The predicted molar refractivity (Wildman–Crippen MR) is 137 cm³/mol. The number of para-hydroxylation sites is 2. The molecule has 3 rings (SSSR count). The summed E-state index contributed by atoms with van der Waals surface area (Å²) >= 11 is 0. The van der Waals surface area contributed by atoms with Gasteiger partial charge in [0.15, 0.2) is 17.5 Å². The fourth-order valence-corrected chi connectivity index (χ4v) is 3.76. The van der Waals surface area contributed by atoms with Crippen molar-refractivity contribution >= 4 is 35.6 Å². The summed E-state index contributed by atoms with van der Waals surface area (Å²) in [5, 5.41) is 6.74. The van der Waals surface area contributed by atoms with Crippen LogP contribution in [0.2, 0.25) is 0 Å². The Hall–Kier alpha value is -2.50. The number of anilines is 1. The smallest absolute Gasteiger partial charge is 0.387 e. The number of rotatable bonds is 9. The number of nitrogens with one attached hydrogen (secondary N) is 2. The number of nitrogens with zero attached hydrogens (tertiary/aromatic N) is 2. The molecule has 0 aromatic heterocycles. The topological polar surface area (TPSA) is 67.4 Å². The molecule has 1 atom stereocenters. The molecular formula is C23H31F2IN4O3. The Morgan fingerprint density at radius 3 is 2.58 bits per heavy atom. The summed E-state index contributed by atoms with van der Waals surface area (Å²) < 4.78 is 40.7. The number of hydrogen-bond acceptors (Lipinski definition) is 5. The molecule has 0 bridgehead atoms. The van der Waals surface area contributed by atoms with Gasteiger partial charge in [-0.05, 0) is 42.7 Å². The number of benzene rings is 2. The van der Waals surface area contributed by atoms with E-state index in [1.54, 1.807) is 39.5 Å². The van der Waals surface area contributed by atoms with Gasteiger partial charge >= 0.3 is 6.61 Å². The SMILES string of the molecule is CN=C(NCCc1ccc(OC)c(OC)c1)NC1CCN(c2ccccc2OC(F)F)C1.I. The molecule has 0 amide bonds. The minimum Gasteiger partial charge on any atom is -0.493 e. The summed E-state index contributed by atoms with van der Waals surface area (Å²) in [6, 6.07) is 12.9. The first-order chi connectivity index (χ1) is 15.5. The number of hydrogen-bond donors (Lipinski definition) is 2. The maximum Gasteiger partial charge on any atom is 0.387 e. The van der Waals surface area contributed by atoms with E-state index >= 15 is 0 Å². The minimum atomic E-state index is -2.85. The minimum absolute atomic E-state index is 0. The van der Waals surface area contributed by atoms with Gasteiger partial charge in [0.05, 0.1) is 19.9 Å². The molecule has 0 saturated carbocycles. The van der Waals surface area contributed by atoms with Gasteiger partial charge in [-0.15, -0.1) is 24.0 Å². The van der Waals surface area contributed by atoms with Crippen LogP contribution in [0.5, 0.6) is 17.2 Å². The molecule has 0 aliphatic carbocycles. The third-order valence-electron chi connectivity index (χ3n) is 5.33. The first-order valence-electron chi connectivity index (χ1n) is 10.5. The van der Waals surface area contributed by atoms with Crippen molar-refractivity contribution in [2.75, 3.05) is 45.8 Å². The summed E-state index contributed by atoms with van der Waals surface area (Å²) in [4.78, 5) is 6.35. The maximum atomic E-state index is 12.7. The molecule has 2 aromatic rings. The van der Waals surface area contributed by atoms with Gasteiger partial charge in [0, 0.05) is 32.7 Å². The van der Waals surface area contributed by atoms with Crippen LogP contribution in [-0.2, 0) is 6.42 Å². The zero-order chi connectivity index (χ0) is 22.9. The van der Waals surface area contributed by atoms with Crippen molar-refractivity contribution in [3.05, 3.63) is 48.0 Å². The van der Waals surface area contributed by atoms with Gasteiger partial charge in [0.1, 0.15) is 5.75 Å². The molecule has 1 saturated heterocycles. The molecule has 1 aliphatic rings. The number of aliphatic imine (C=N–C) groups is 1. The van der Waals surface area contributed by atoms with Gasteiger partial charge in [-0.3, -0.25) is 4.99 Å². The zero-order valence-corrected chi connectivity index (χ0v) is 21.3. The molecule has 182 valence electrons. The molecule has 33 heavy (non-hydrogen) atoms. The highest BCUT2D eigenvalue weighted by Crippen LogP contribution is 2.32. The fourth-order valence-electron chi connectivity index (χ4n) is 3.76. The van der Waals surface area contributed by atoms with Crippen LogP contribution in [0.3, 0.4) is 0 Å². The molecule has 10 heteroatoms. The first-order valence-corrected chi connectivity index (χ1v) is 10.5. The average Bonchev–Trinajstić information content (AvgIpc) is 3.26. The van der Waals surface area contributed by atoms with E-state index in [4.69, 9.17) is 9.47 Å². The molecule has 1 unspecified atom stereocenters. The average molecular weight is 576 g/mol. The quantitative estimate of drug-likeness (QED) is 0.268. The molecule has 1 fully saturated rings. The molecule has 2 N–H and O–H groups in total. The van der Waals surface area contributed by atoms with Crippen LogP contribution in [0.15, 0.2) is 47.5 Å². The van der Waals surface area contributed by atoms with Crippen molar-refractivity contribution in [1.82, 2.24) is 10.6 Å². The van der Waals surface area contributed by atoms with E-state index in [1.165, 1.54) is 0 Å². The lowest BCUT2D eigenvalue weighted by molar-refractivity contribution is -0.0495. The molecule has 1 heterocycles. The van der Waals surface area contributed by atoms with Gasteiger partial charge in [-0.25, -0.2) is 0 Å². The van der Waals surface area contributed by atoms with Crippen molar-refractivity contribution in [2.24, 2.45) is 4.99 Å². The van der Waals surface area contributed by atoms with Crippen LogP contribution in [-0.4, -0.2) is 59.5 Å². The number of alkyl halides is 2. The van der Waals surface area contributed by atoms with Gasteiger partial charge in [-0.1, -0.05) is 18.2 Å². The fraction of sp³-hybridized carbons (Fsp3) is 0.435. The Kier molecular flexibility index (Phi) is 10.8. The zero-order valence-electron chi connectivity index (χ0n) is 19.0. The van der Waals surface area contributed by atoms with Gasteiger partial charge < -0.3 is 29.7 Å². The van der Waals surface area contributed by atoms with Crippen molar-refractivity contribution < 1.29 is 23.0 Å². The first kappa shape index (κ1) is 26.7. The van der Waals surface area contributed by atoms with Crippen LogP contribution in [0.25, 0.3) is 0 Å². The number of ether oxygens (including phenoxy) is 3. The summed E-state index contributed by atoms with van der Waals surface area (Å²) in [6.07, 6.45) is 1.65. The molecule has 0 spiro atoms. The van der Waals surface area contributed by atoms with E-state index in [9.17, 15) is 8.78 Å². The molecule has 0 radical (unpaired) electrons. The second kappa shape index (κ2) is 13.3. The van der Waals surface area contributed by atoms with Crippen molar-refractivity contribution in [2.45, 2.75) is 25.5 Å². The van der Waals surface area contributed by atoms with E-state index in [1.807, 2.05) is 29.2 Å². The van der Waals surface area contributed by atoms with E-state index in [0.29, 0.717) is 36.2 Å². The largest absolute Gasteiger partial charge is 0.493 e. The monoisotopic (exact) mass is 576 g/mol. The lowest BCUT2D eigenvalue weighted by atomic mass is 10.1. The second-order valence-corrected chi connectivity index (χ2v) is 7.36. The molecule has 2 aromatic carbocycles.